The van der Waals surface area contributed by atoms with Crippen molar-refractivity contribution < 1.29 is 22.9 Å². The molecule has 1 saturated carbocycles. The average molecular weight is 490 g/mol. The fourth-order valence-corrected chi connectivity index (χ4v) is 4.12. The molecule has 1 aliphatic carbocycles. The van der Waals surface area contributed by atoms with Gasteiger partial charge in [0.15, 0.2) is 5.76 Å². The number of carbonyl (C=O) groups excluding carboxylic acids is 2. The number of carbonyl (C=O) groups is 2. The molecular formula is C23H22ClF2N5O3. The molecule has 178 valence electrons. The molecule has 2 aromatic heterocycles. The smallest absolute Gasteiger partial charge is 0.248 e. The Kier molecular flexibility index (Phi) is 7.16. The molecule has 2 amide bonds. The summed E-state index contributed by atoms with van der Waals surface area (Å²) in [6, 6.07) is 6.89. The number of nitrogens with one attached hydrogen (secondary N) is 1. The van der Waals surface area contributed by atoms with Crippen molar-refractivity contribution in [3.8, 4) is 11.3 Å². The summed E-state index contributed by atoms with van der Waals surface area (Å²) in [6.45, 7) is 0. The Balaban J connectivity index is 1.65. The molecule has 0 unspecified atom stereocenters. The van der Waals surface area contributed by atoms with E-state index < -0.39 is 29.8 Å². The van der Waals surface area contributed by atoms with Crippen molar-refractivity contribution in [2.75, 3.05) is 10.8 Å². The Hall–Kier alpha value is -3.40. The van der Waals surface area contributed by atoms with Gasteiger partial charge in [-0.1, -0.05) is 5.16 Å². The lowest BCUT2D eigenvalue weighted by atomic mass is 9.92. The molecular weight excluding hydrogens is 468 g/mol. The number of hydrogen-bond donors (Lipinski definition) is 1. The molecule has 8 nitrogen and oxygen atoms in total. The van der Waals surface area contributed by atoms with Gasteiger partial charge in [0, 0.05) is 54.2 Å². The number of amides is 2. The molecule has 0 spiro atoms. The number of hydrogen-bond acceptors (Lipinski definition) is 6. The Labute approximate surface area is 199 Å². The highest BCUT2D eigenvalue weighted by Crippen LogP contribution is 2.34. The lowest BCUT2D eigenvalue weighted by Gasteiger charge is -2.34. The van der Waals surface area contributed by atoms with Crippen molar-refractivity contribution in [3.05, 3.63) is 60.8 Å². The van der Waals surface area contributed by atoms with Gasteiger partial charge in [-0.2, -0.15) is 0 Å². The van der Waals surface area contributed by atoms with E-state index in [1.54, 1.807) is 30.3 Å². The zero-order chi connectivity index (χ0) is 24.1. The summed E-state index contributed by atoms with van der Waals surface area (Å²) in [6.07, 6.45) is 5.38. The van der Waals surface area contributed by atoms with E-state index in [-0.39, 0.29) is 31.6 Å². The number of halogens is 3. The molecule has 4 rings (SSSR count). The van der Waals surface area contributed by atoms with Crippen LogP contribution in [0.15, 0.2) is 59.8 Å². The quantitative estimate of drug-likeness (QED) is 0.500. The monoisotopic (exact) mass is 489 g/mol. The highest BCUT2D eigenvalue weighted by Gasteiger charge is 2.38. The van der Waals surface area contributed by atoms with Gasteiger partial charge in [-0.25, -0.2) is 18.7 Å². The van der Waals surface area contributed by atoms with Crippen LogP contribution in [0.4, 0.5) is 14.5 Å². The zero-order valence-corrected chi connectivity index (χ0v) is 18.8. The van der Waals surface area contributed by atoms with Crippen LogP contribution in [-0.4, -0.2) is 44.8 Å². The third kappa shape index (κ3) is 5.39. The van der Waals surface area contributed by atoms with Gasteiger partial charge in [-0.05, 0) is 37.1 Å². The highest BCUT2D eigenvalue weighted by molar-refractivity contribution is 6.29. The van der Waals surface area contributed by atoms with Gasteiger partial charge < -0.3 is 9.84 Å². The molecule has 11 heteroatoms. The second-order valence-electron chi connectivity index (χ2n) is 8.03. The first kappa shape index (κ1) is 23.7. The molecule has 1 aliphatic rings. The van der Waals surface area contributed by atoms with Gasteiger partial charge in [0.2, 0.25) is 17.7 Å². The summed E-state index contributed by atoms with van der Waals surface area (Å²) in [5.74, 6) is -3.60. The first-order valence-corrected chi connectivity index (χ1v) is 11.2. The molecule has 1 aromatic carbocycles. The maximum absolute atomic E-state index is 13.6. The molecule has 1 fully saturated rings. The Morgan fingerprint density at radius 1 is 1.15 bits per heavy atom. The molecule has 2 heterocycles. The van der Waals surface area contributed by atoms with Crippen LogP contribution < -0.4 is 10.2 Å². The molecule has 0 radical (unpaired) electrons. The minimum absolute atomic E-state index is 0.145. The minimum atomic E-state index is -2.72. The van der Waals surface area contributed by atoms with Gasteiger partial charge in [0.05, 0.1) is 6.20 Å². The van der Waals surface area contributed by atoms with Crippen molar-refractivity contribution in [1.29, 1.82) is 0 Å². The van der Waals surface area contributed by atoms with Crippen molar-refractivity contribution in [2.45, 2.75) is 43.7 Å². The van der Waals surface area contributed by atoms with Crippen LogP contribution in [-0.2, 0) is 9.59 Å². The second kappa shape index (κ2) is 10.3. The van der Waals surface area contributed by atoms with Crippen LogP contribution in [0.2, 0.25) is 0 Å². The van der Waals surface area contributed by atoms with Crippen molar-refractivity contribution in [2.24, 2.45) is 0 Å². The van der Waals surface area contributed by atoms with E-state index in [0.717, 1.165) is 5.56 Å². The van der Waals surface area contributed by atoms with Gasteiger partial charge in [-0.15, -0.1) is 11.6 Å². The van der Waals surface area contributed by atoms with Crippen molar-refractivity contribution in [3.63, 3.8) is 0 Å². The van der Waals surface area contributed by atoms with E-state index in [1.165, 1.54) is 29.8 Å². The van der Waals surface area contributed by atoms with Crippen LogP contribution in [0.1, 0.15) is 37.3 Å². The highest BCUT2D eigenvalue weighted by atomic mass is 35.5. The number of alkyl halides is 3. The minimum Gasteiger partial charge on any atom is -0.356 e. The standard InChI is InChI=1S/C23H22ClF2N5O3/c24-11-20(32)31(18-3-1-15(2-4-18)19-7-10-29-34-19)21(16-12-27-14-28-13-16)22(33)30-17-5-8-23(25,26)9-6-17/h1-4,7,10,12-14,17,21H,5-6,8-9,11H2,(H,30,33)/t21-/m1/s1. The predicted molar refractivity (Wildman–Crippen MR) is 120 cm³/mol. The van der Waals surface area contributed by atoms with Crippen LogP contribution in [0.5, 0.6) is 0 Å². The molecule has 0 bridgehead atoms. The van der Waals surface area contributed by atoms with E-state index >= 15 is 0 Å². The Morgan fingerprint density at radius 2 is 1.82 bits per heavy atom. The Bertz CT molecular complexity index is 1100. The summed E-state index contributed by atoms with van der Waals surface area (Å²) in [4.78, 5) is 35.6. The number of benzene rings is 1. The summed E-state index contributed by atoms with van der Waals surface area (Å²) >= 11 is 5.91. The molecule has 0 saturated heterocycles. The zero-order valence-electron chi connectivity index (χ0n) is 18.0. The second-order valence-corrected chi connectivity index (χ2v) is 8.30. The maximum Gasteiger partial charge on any atom is 0.248 e. The van der Waals surface area contributed by atoms with E-state index in [9.17, 15) is 18.4 Å². The average Bonchev–Trinajstić information content (AvgIpc) is 3.39. The van der Waals surface area contributed by atoms with Gasteiger partial charge in [0.25, 0.3) is 0 Å². The normalized spacial score (nSPS) is 16.6. The first-order valence-electron chi connectivity index (χ1n) is 10.7. The topological polar surface area (TPSA) is 101 Å². The molecule has 3 aromatic rings. The third-order valence-corrected chi connectivity index (χ3v) is 5.95. The fraction of sp³-hybridized carbons (Fsp3) is 0.348. The lowest BCUT2D eigenvalue weighted by molar-refractivity contribution is -0.127. The van der Waals surface area contributed by atoms with Gasteiger partial charge >= 0.3 is 0 Å². The predicted octanol–water partition coefficient (Wildman–Crippen LogP) is 4.14. The van der Waals surface area contributed by atoms with Gasteiger partial charge in [-0.3, -0.25) is 14.5 Å². The molecule has 34 heavy (non-hydrogen) atoms. The molecule has 1 N–H and O–H groups in total. The molecule has 0 aliphatic heterocycles. The summed E-state index contributed by atoms with van der Waals surface area (Å²) in [5.41, 5.74) is 1.50. The van der Waals surface area contributed by atoms with E-state index in [2.05, 4.69) is 20.4 Å². The third-order valence-electron chi connectivity index (χ3n) is 5.72. The van der Waals surface area contributed by atoms with E-state index in [0.29, 0.717) is 17.0 Å². The summed E-state index contributed by atoms with van der Waals surface area (Å²) in [7, 11) is 0. The number of anilines is 1. The largest absolute Gasteiger partial charge is 0.356 e. The van der Waals surface area contributed by atoms with Crippen LogP contribution >= 0.6 is 11.6 Å². The number of nitrogens with zero attached hydrogens (tertiary/aromatic N) is 4. The van der Waals surface area contributed by atoms with Crippen molar-refractivity contribution in [1.82, 2.24) is 20.4 Å². The lowest BCUT2D eigenvalue weighted by Crippen LogP contribution is -2.48. The van der Waals surface area contributed by atoms with Crippen molar-refractivity contribution >= 4 is 29.1 Å². The first-order chi connectivity index (χ1) is 16.4. The number of aromatic nitrogens is 3. The SMILES string of the molecule is O=C(NC1CCC(F)(F)CC1)[C@@H](c1cncnc1)N(C(=O)CCl)c1ccc(-c2ccno2)cc1. The summed E-state index contributed by atoms with van der Waals surface area (Å²) < 4.78 is 32.3. The van der Waals surface area contributed by atoms with Crippen LogP contribution in [0, 0.1) is 0 Å². The fourth-order valence-electron chi connectivity index (χ4n) is 3.99. The van der Waals surface area contributed by atoms with Crippen LogP contribution in [0.25, 0.3) is 11.3 Å². The van der Waals surface area contributed by atoms with E-state index in [1.807, 2.05) is 0 Å². The molecule has 1 atom stereocenters. The van der Waals surface area contributed by atoms with Gasteiger partial charge in [0.1, 0.15) is 18.2 Å². The Morgan fingerprint density at radius 3 is 2.41 bits per heavy atom. The van der Waals surface area contributed by atoms with E-state index in [4.69, 9.17) is 16.1 Å². The summed E-state index contributed by atoms with van der Waals surface area (Å²) in [5, 5.41) is 6.51. The van der Waals surface area contributed by atoms with Crippen LogP contribution in [0.3, 0.4) is 0 Å². The maximum atomic E-state index is 13.6. The number of rotatable bonds is 7.